The Morgan fingerprint density at radius 3 is 1.59 bits per heavy atom. The highest BCUT2D eigenvalue weighted by molar-refractivity contribution is 6.84. The molecule has 1 fully saturated rings. The van der Waals surface area contributed by atoms with Crippen molar-refractivity contribution in [3.05, 3.63) is 0 Å². The molecule has 0 saturated carbocycles. The standard InChI is InChI=1S/C9H26B3N5/c1-6-8-16(4)11-13-10(3)14-12(15-11)17(5)9-7-2/h13-15H,6-9H2,1-5H3. The van der Waals surface area contributed by atoms with Gasteiger partial charge in [-0.05, 0) is 40.0 Å². The number of rotatable bonds is 6. The Kier molecular flexibility index (Phi) is 6.58. The molecule has 0 bridgehead atoms. The van der Waals surface area contributed by atoms with Crippen LogP contribution in [0.5, 0.6) is 0 Å². The Morgan fingerprint density at radius 1 is 0.824 bits per heavy atom. The zero-order chi connectivity index (χ0) is 12.8. The van der Waals surface area contributed by atoms with Crippen LogP contribution in [0.1, 0.15) is 26.7 Å². The molecule has 0 radical (unpaired) electrons. The molecule has 1 saturated heterocycles. The lowest BCUT2D eigenvalue weighted by Gasteiger charge is -2.38. The Morgan fingerprint density at radius 2 is 1.24 bits per heavy atom. The van der Waals surface area contributed by atoms with Gasteiger partial charge in [-0.3, -0.25) is 0 Å². The van der Waals surface area contributed by atoms with E-state index in [0.717, 1.165) is 13.1 Å². The first-order valence-electron chi connectivity index (χ1n) is 6.77. The third-order valence-corrected chi connectivity index (χ3v) is 3.17. The van der Waals surface area contributed by atoms with E-state index >= 15 is 0 Å². The van der Waals surface area contributed by atoms with E-state index in [1.165, 1.54) is 12.8 Å². The minimum absolute atomic E-state index is 0.246. The molecule has 8 heteroatoms. The van der Waals surface area contributed by atoms with Crippen LogP contribution >= 0.6 is 0 Å². The first-order valence-corrected chi connectivity index (χ1v) is 6.77. The van der Waals surface area contributed by atoms with Crippen LogP contribution in [0, 0.1) is 0 Å². The average molecular weight is 237 g/mol. The fraction of sp³-hybridized carbons (Fsp3) is 1.00. The molecular weight excluding hydrogens is 211 g/mol. The summed E-state index contributed by atoms with van der Waals surface area (Å²) in [7, 11) is 4.80. The minimum Gasteiger partial charge on any atom is -0.357 e. The van der Waals surface area contributed by atoms with Crippen LogP contribution < -0.4 is 15.4 Å². The topological polar surface area (TPSA) is 42.6 Å². The van der Waals surface area contributed by atoms with Gasteiger partial charge in [0.2, 0.25) is 0 Å². The lowest BCUT2D eigenvalue weighted by Crippen LogP contribution is -2.81. The van der Waals surface area contributed by atoms with E-state index in [2.05, 4.69) is 59.8 Å². The van der Waals surface area contributed by atoms with Crippen molar-refractivity contribution in [2.24, 2.45) is 0 Å². The summed E-state index contributed by atoms with van der Waals surface area (Å²) in [6.07, 6.45) is 2.35. The number of hydrogen-bond donors (Lipinski definition) is 3. The lowest BCUT2D eigenvalue weighted by molar-refractivity contribution is 0.481. The molecule has 0 atom stereocenters. The van der Waals surface area contributed by atoms with Crippen LogP contribution in [-0.4, -0.2) is 58.0 Å². The highest BCUT2D eigenvalue weighted by atomic mass is 15.3. The normalized spacial score (nSPS) is 17.5. The lowest BCUT2D eigenvalue weighted by atomic mass is 9.58. The van der Waals surface area contributed by atoms with Gasteiger partial charge in [-0.1, -0.05) is 20.7 Å². The quantitative estimate of drug-likeness (QED) is 0.545. The second-order valence-electron chi connectivity index (χ2n) is 4.99. The van der Waals surface area contributed by atoms with Crippen LogP contribution in [0.15, 0.2) is 0 Å². The number of hydrogen-bond acceptors (Lipinski definition) is 5. The van der Waals surface area contributed by atoms with E-state index in [1.54, 1.807) is 0 Å². The largest absolute Gasteiger partial charge is 0.378 e. The van der Waals surface area contributed by atoms with Crippen molar-refractivity contribution in [2.75, 3.05) is 27.2 Å². The molecule has 0 spiro atoms. The van der Waals surface area contributed by atoms with Gasteiger partial charge in [-0.25, -0.2) is 0 Å². The van der Waals surface area contributed by atoms with Crippen LogP contribution in [0.4, 0.5) is 0 Å². The maximum Gasteiger partial charge on any atom is 0.378 e. The predicted molar refractivity (Wildman–Crippen MR) is 78.4 cm³/mol. The Bertz CT molecular complexity index is 201. The molecule has 1 aliphatic heterocycles. The summed E-state index contributed by atoms with van der Waals surface area (Å²) in [6, 6.07) is 0. The van der Waals surface area contributed by atoms with Gasteiger partial charge < -0.3 is 25.0 Å². The van der Waals surface area contributed by atoms with E-state index in [1.807, 2.05) is 0 Å². The van der Waals surface area contributed by atoms with Gasteiger partial charge in [0, 0.05) is 0 Å². The molecular formula is C9H26B3N5. The van der Waals surface area contributed by atoms with Crippen molar-refractivity contribution < 1.29 is 0 Å². The van der Waals surface area contributed by atoms with Crippen molar-refractivity contribution in [1.82, 2.24) is 25.0 Å². The van der Waals surface area contributed by atoms with Crippen LogP contribution in [0.25, 0.3) is 0 Å². The highest BCUT2D eigenvalue weighted by Crippen LogP contribution is 1.97. The molecule has 17 heavy (non-hydrogen) atoms. The molecule has 0 aromatic carbocycles. The number of nitrogens with one attached hydrogen (secondary N) is 3. The summed E-state index contributed by atoms with van der Waals surface area (Å²) in [6.45, 7) is 9.11. The van der Waals surface area contributed by atoms with Gasteiger partial charge in [0.15, 0.2) is 0 Å². The van der Waals surface area contributed by atoms with Gasteiger partial charge in [0.1, 0.15) is 0 Å². The monoisotopic (exact) mass is 237 g/mol. The third-order valence-electron chi connectivity index (χ3n) is 3.17. The number of nitrogens with zero attached hydrogens (tertiary/aromatic N) is 2. The molecule has 5 nitrogen and oxygen atoms in total. The molecule has 1 aliphatic rings. The molecule has 0 aliphatic carbocycles. The van der Waals surface area contributed by atoms with Gasteiger partial charge in [0.25, 0.3) is 6.98 Å². The molecule has 3 N–H and O–H groups in total. The van der Waals surface area contributed by atoms with Crippen molar-refractivity contribution >= 4 is 21.2 Å². The molecule has 96 valence electrons. The van der Waals surface area contributed by atoms with E-state index in [9.17, 15) is 0 Å². The van der Waals surface area contributed by atoms with Gasteiger partial charge in [0.05, 0.1) is 0 Å². The van der Waals surface area contributed by atoms with Gasteiger partial charge >= 0.3 is 14.2 Å². The fourth-order valence-corrected chi connectivity index (χ4v) is 2.24. The summed E-state index contributed by atoms with van der Waals surface area (Å²) in [5.41, 5.74) is 0. The summed E-state index contributed by atoms with van der Waals surface area (Å²) in [4.78, 5) is 4.65. The molecule has 1 heterocycles. The zero-order valence-corrected chi connectivity index (χ0v) is 12.0. The molecule has 0 aromatic rings. The second kappa shape index (κ2) is 7.43. The van der Waals surface area contributed by atoms with E-state index in [4.69, 9.17) is 0 Å². The van der Waals surface area contributed by atoms with E-state index in [0.29, 0.717) is 6.98 Å². The highest BCUT2D eigenvalue weighted by Gasteiger charge is 2.37. The summed E-state index contributed by atoms with van der Waals surface area (Å²) < 4.78 is 0. The maximum absolute atomic E-state index is 3.58. The van der Waals surface area contributed by atoms with Crippen molar-refractivity contribution in [2.45, 2.75) is 33.5 Å². The van der Waals surface area contributed by atoms with Gasteiger partial charge in [-0.15, -0.1) is 0 Å². The average Bonchev–Trinajstić information content (AvgIpc) is 2.29. The van der Waals surface area contributed by atoms with Crippen LogP contribution in [-0.2, 0) is 0 Å². The third kappa shape index (κ3) is 4.64. The Labute approximate surface area is 107 Å². The zero-order valence-electron chi connectivity index (χ0n) is 12.0. The first kappa shape index (κ1) is 15.1. The van der Waals surface area contributed by atoms with Crippen LogP contribution in [0.2, 0.25) is 6.82 Å². The maximum atomic E-state index is 3.58. The van der Waals surface area contributed by atoms with E-state index < -0.39 is 0 Å². The van der Waals surface area contributed by atoms with Gasteiger partial charge in [-0.2, -0.15) is 0 Å². The first-order chi connectivity index (χ1) is 8.08. The fourth-order valence-electron chi connectivity index (χ4n) is 2.24. The molecule has 1 rings (SSSR count). The van der Waals surface area contributed by atoms with Crippen molar-refractivity contribution in [3.63, 3.8) is 0 Å². The molecule has 0 amide bonds. The minimum atomic E-state index is 0.246. The molecule has 0 unspecified atom stereocenters. The Balaban J connectivity index is 2.52. The van der Waals surface area contributed by atoms with E-state index in [-0.39, 0.29) is 14.2 Å². The summed E-state index contributed by atoms with van der Waals surface area (Å²) in [5, 5.41) is 10.6. The second-order valence-corrected chi connectivity index (χ2v) is 4.99. The molecule has 0 aromatic heterocycles. The summed E-state index contributed by atoms with van der Waals surface area (Å²) in [5.74, 6) is 0. The van der Waals surface area contributed by atoms with Crippen molar-refractivity contribution in [1.29, 1.82) is 0 Å². The Hall–Kier alpha value is -0.00519. The SMILES string of the molecule is CCCN(C)B1NB(C)NB(N(C)CCC)N1. The smallest absolute Gasteiger partial charge is 0.357 e. The van der Waals surface area contributed by atoms with Crippen molar-refractivity contribution in [3.8, 4) is 0 Å². The van der Waals surface area contributed by atoms with Crippen LogP contribution in [0.3, 0.4) is 0 Å². The summed E-state index contributed by atoms with van der Waals surface area (Å²) >= 11 is 0. The predicted octanol–water partition coefficient (Wildman–Crippen LogP) is -0.460.